The van der Waals surface area contributed by atoms with Gasteiger partial charge in [0.25, 0.3) is 0 Å². The molecule has 0 radical (unpaired) electrons. The van der Waals surface area contributed by atoms with Gasteiger partial charge in [-0.3, -0.25) is 9.55 Å². The summed E-state index contributed by atoms with van der Waals surface area (Å²) in [4.78, 5) is 9.96. The molecule has 0 amide bonds. The molecule has 0 spiro atoms. The number of fused-ring (bicyclic) bond motifs is 4. The highest BCUT2D eigenvalue weighted by Gasteiger charge is 2.23. The van der Waals surface area contributed by atoms with Crippen molar-refractivity contribution >= 4 is 38.3 Å². The Balaban J connectivity index is 1.54. The first kappa shape index (κ1) is 23.0. The third-order valence-corrected chi connectivity index (χ3v) is 7.41. The second-order valence-corrected chi connectivity index (χ2v) is 9.79. The van der Waals surface area contributed by atoms with Gasteiger partial charge in [0.05, 0.1) is 22.4 Å². The van der Waals surface area contributed by atoms with E-state index in [4.69, 9.17) is 9.97 Å². The van der Waals surface area contributed by atoms with Crippen LogP contribution in [-0.4, -0.2) is 20.7 Å². The van der Waals surface area contributed by atoms with Crippen LogP contribution in [0.15, 0.2) is 133 Å². The van der Waals surface area contributed by atoms with Crippen LogP contribution in [-0.2, 0) is 0 Å². The van der Waals surface area contributed by atoms with Crippen molar-refractivity contribution < 1.29 is 0 Å². The first-order valence-corrected chi connectivity index (χ1v) is 13.1. The standard InChI is InChI=1S/C34H27N5/c1-3-23-19-35-30(17-22(23)2)38-33-32(24-11-5-4-6-12-24)37-21-28-27-15-9-10-16-29(27)39(34(28)33)31-18-25-13-7-8-14-26(25)20-36-31/h3-21,30,35,38H,1H2,2H3. The zero-order valence-corrected chi connectivity index (χ0v) is 21.6. The Morgan fingerprint density at radius 3 is 2.46 bits per heavy atom. The lowest BCUT2D eigenvalue weighted by molar-refractivity contribution is 0.762. The zero-order chi connectivity index (χ0) is 26.3. The van der Waals surface area contributed by atoms with Crippen LogP contribution in [0, 0.1) is 0 Å². The molecule has 5 heteroatoms. The van der Waals surface area contributed by atoms with Crippen molar-refractivity contribution in [1.82, 2.24) is 19.9 Å². The summed E-state index contributed by atoms with van der Waals surface area (Å²) in [7, 11) is 0. The normalized spacial score (nSPS) is 15.2. The number of rotatable bonds is 5. The Kier molecular flexibility index (Phi) is 5.48. The first-order chi connectivity index (χ1) is 19.2. The van der Waals surface area contributed by atoms with Crippen LogP contribution in [0.1, 0.15) is 6.92 Å². The Bertz CT molecular complexity index is 1950. The maximum Gasteiger partial charge on any atom is 0.138 e. The van der Waals surface area contributed by atoms with Crippen LogP contribution in [0.25, 0.3) is 49.7 Å². The highest BCUT2D eigenvalue weighted by atomic mass is 15.1. The summed E-state index contributed by atoms with van der Waals surface area (Å²) < 4.78 is 2.26. The SMILES string of the molecule is C=CC1=CNC(Nc2c(-c3ccccc3)ncc3c4ccccc4n(-c4cc5ccccc5cn4)c23)C=C1C. The third-order valence-electron chi connectivity index (χ3n) is 7.41. The molecule has 0 bridgehead atoms. The summed E-state index contributed by atoms with van der Waals surface area (Å²) in [6.45, 7) is 6.05. The van der Waals surface area contributed by atoms with Crippen molar-refractivity contribution in [1.29, 1.82) is 0 Å². The number of anilines is 1. The molecule has 1 atom stereocenters. The summed E-state index contributed by atoms with van der Waals surface area (Å²) in [5.41, 5.74) is 7.26. The van der Waals surface area contributed by atoms with Gasteiger partial charge in [-0.15, -0.1) is 0 Å². The van der Waals surface area contributed by atoms with Gasteiger partial charge >= 0.3 is 0 Å². The monoisotopic (exact) mass is 505 g/mol. The average molecular weight is 506 g/mol. The molecule has 0 aliphatic carbocycles. The largest absolute Gasteiger partial charge is 0.368 e. The van der Waals surface area contributed by atoms with E-state index >= 15 is 0 Å². The number of pyridine rings is 2. The van der Waals surface area contributed by atoms with Crippen LogP contribution < -0.4 is 10.6 Å². The molecular weight excluding hydrogens is 478 g/mol. The summed E-state index contributed by atoms with van der Waals surface area (Å²) >= 11 is 0. The molecule has 39 heavy (non-hydrogen) atoms. The van der Waals surface area contributed by atoms with Crippen LogP contribution in [0.2, 0.25) is 0 Å². The van der Waals surface area contributed by atoms with E-state index in [0.717, 1.165) is 60.9 Å². The third kappa shape index (κ3) is 3.87. The molecule has 0 saturated carbocycles. The molecule has 5 nitrogen and oxygen atoms in total. The molecule has 3 aromatic carbocycles. The van der Waals surface area contributed by atoms with Gasteiger partial charge in [0.1, 0.15) is 12.0 Å². The first-order valence-electron chi connectivity index (χ1n) is 13.1. The predicted molar refractivity (Wildman–Crippen MR) is 162 cm³/mol. The van der Waals surface area contributed by atoms with Crippen molar-refractivity contribution in [2.24, 2.45) is 0 Å². The fourth-order valence-corrected chi connectivity index (χ4v) is 5.48. The Morgan fingerprint density at radius 2 is 1.64 bits per heavy atom. The lowest BCUT2D eigenvalue weighted by atomic mass is 10.0. The topological polar surface area (TPSA) is 54.8 Å². The van der Waals surface area contributed by atoms with Gasteiger partial charge in [0.15, 0.2) is 0 Å². The molecule has 188 valence electrons. The van der Waals surface area contributed by atoms with Crippen molar-refractivity contribution in [2.75, 3.05) is 5.32 Å². The smallest absolute Gasteiger partial charge is 0.138 e. The van der Waals surface area contributed by atoms with Crippen LogP contribution in [0.4, 0.5) is 5.69 Å². The highest BCUT2D eigenvalue weighted by Crippen LogP contribution is 2.40. The van der Waals surface area contributed by atoms with Crippen molar-refractivity contribution in [3.63, 3.8) is 0 Å². The molecule has 1 aliphatic rings. The number of hydrogen-bond acceptors (Lipinski definition) is 4. The fourth-order valence-electron chi connectivity index (χ4n) is 5.48. The number of nitrogens with zero attached hydrogens (tertiary/aromatic N) is 3. The number of para-hydroxylation sites is 1. The molecule has 1 aliphatic heterocycles. The van der Waals surface area contributed by atoms with E-state index in [1.165, 1.54) is 5.57 Å². The average Bonchev–Trinajstić information content (AvgIpc) is 3.32. The Labute approximate surface area is 226 Å². The zero-order valence-electron chi connectivity index (χ0n) is 21.6. The van der Waals surface area contributed by atoms with Crippen molar-refractivity contribution in [2.45, 2.75) is 13.1 Å². The van der Waals surface area contributed by atoms with E-state index in [0.29, 0.717) is 0 Å². The van der Waals surface area contributed by atoms with Gasteiger partial charge in [-0.05, 0) is 41.7 Å². The number of aromatic nitrogens is 3. The number of hydrogen-bond donors (Lipinski definition) is 2. The van der Waals surface area contributed by atoms with Gasteiger partial charge in [-0.25, -0.2) is 4.98 Å². The minimum absolute atomic E-state index is 0.125. The highest BCUT2D eigenvalue weighted by molar-refractivity contribution is 6.14. The van der Waals surface area contributed by atoms with Crippen LogP contribution >= 0.6 is 0 Å². The summed E-state index contributed by atoms with van der Waals surface area (Å²) in [6.07, 6.45) is 9.89. The molecule has 1 unspecified atom stereocenters. The number of allylic oxidation sites excluding steroid dienone is 3. The van der Waals surface area contributed by atoms with E-state index in [2.05, 4.69) is 95.4 Å². The predicted octanol–water partition coefficient (Wildman–Crippen LogP) is 7.75. The fraction of sp³-hybridized carbons (Fsp3) is 0.0588. The molecule has 0 saturated heterocycles. The van der Waals surface area contributed by atoms with E-state index in [1.54, 1.807) is 0 Å². The van der Waals surface area contributed by atoms with Crippen LogP contribution in [0.5, 0.6) is 0 Å². The van der Waals surface area contributed by atoms with Gasteiger partial charge < -0.3 is 10.6 Å². The Hall–Kier alpha value is -5.16. The van der Waals surface area contributed by atoms with Gasteiger partial charge in [0.2, 0.25) is 0 Å². The maximum absolute atomic E-state index is 5.02. The Morgan fingerprint density at radius 1 is 0.872 bits per heavy atom. The van der Waals surface area contributed by atoms with Gasteiger partial charge in [-0.2, -0.15) is 0 Å². The second-order valence-electron chi connectivity index (χ2n) is 9.79. The van der Waals surface area contributed by atoms with E-state index in [1.807, 2.05) is 48.9 Å². The molecule has 2 N–H and O–H groups in total. The molecular formula is C34H27N5. The minimum atomic E-state index is -0.125. The van der Waals surface area contributed by atoms with Gasteiger partial charge in [-0.1, -0.05) is 85.5 Å². The van der Waals surface area contributed by atoms with E-state index < -0.39 is 0 Å². The number of benzene rings is 3. The van der Waals surface area contributed by atoms with Crippen LogP contribution in [0.3, 0.4) is 0 Å². The molecule has 7 rings (SSSR count). The lowest BCUT2D eigenvalue weighted by Crippen LogP contribution is -2.34. The number of dihydropyridines is 1. The molecule has 3 aromatic heterocycles. The summed E-state index contributed by atoms with van der Waals surface area (Å²) in [5.74, 6) is 0.866. The quantitative estimate of drug-likeness (QED) is 0.251. The minimum Gasteiger partial charge on any atom is -0.368 e. The number of nitrogens with one attached hydrogen (secondary N) is 2. The second kappa shape index (κ2) is 9.30. The molecule has 6 aromatic rings. The van der Waals surface area contributed by atoms with Gasteiger partial charge in [0, 0.05) is 40.3 Å². The van der Waals surface area contributed by atoms with E-state index in [9.17, 15) is 0 Å². The van der Waals surface area contributed by atoms with Crippen molar-refractivity contribution in [3.05, 3.63) is 133 Å². The molecule has 0 fully saturated rings. The van der Waals surface area contributed by atoms with E-state index in [-0.39, 0.29) is 6.17 Å². The lowest BCUT2D eigenvalue weighted by Gasteiger charge is -2.25. The van der Waals surface area contributed by atoms with Crippen molar-refractivity contribution in [3.8, 4) is 17.1 Å². The molecule has 4 heterocycles. The summed E-state index contributed by atoms with van der Waals surface area (Å²) in [6, 6.07) is 29.3. The summed E-state index contributed by atoms with van der Waals surface area (Å²) in [5, 5.41) is 11.8. The maximum atomic E-state index is 5.02.